The topological polar surface area (TPSA) is 46.0 Å². The predicted molar refractivity (Wildman–Crippen MR) is 123 cm³/mol. The van der Waals surface area contributed by atoms with E-state index in [2.05, 4.69) is 90.8 Å². The number of aryl methyl sites for hydroxylation is 1. The highest BCUT2D eigenvalue weighted by Crippen LogP contribution is 2.33. The first-order valence-electron chi connectivity index (χ1n) is 11.1. The molecule has 1 aliphatic rings. The zero-order chi connectivity index (χ0) is 21.4. The molecular weight excluding hydrogens is 370 g/mol. The molecule has 1 aromatic carbocycles. The van der Waals surface area contributed by atoms with Crippen LogP contribution in [-0.4, -0.2) is 36.6 Å². The van der Waals surface area contributed by atoms with E-state index in [0.717, 1.165) is 43.8 Å². The quantitative estimate of drug-likeness (QED) is 0.642. The Labute approximate surface area is 180 Å². The average molecular weight is 406 g/mol. The highest BCUT2D eigenvalue weighted by molar-refractivity contribution is 5.75. The van der Waals surface area contributed by atoms with E-state index >= 15 is 0 Å². The molecule has 2 aromatic heterocycles. The van der Waals surface area contributed by atoms with Gasteiger partial charge in [0.05, 0.1) is 17.6 Å². The van der Waals surface area contributed by atoms with E-state index < -0.39 is 0 Å². The molecule has 4 rings (SSSR count). The van der Waals surface area contributed by atoms with Gasteiger partial charge in [0.25, 0.3) is 0 Å². The molecule has 1 saturated heterocycles. The summed E-state index contributed by atoms with van der Waals surface area (Å²) in [7, 11) is 0. The molecule has 0 aliphatic carbocycles. The van der Waals surface area contributed by atoms with Gasteiger partial charge in [0.15, 0.2) is 0 Å². The van der Waals surface area contributed by atoms with Gasteiger partial charge in [-0.1, -0.05) is 12.1 Å². The van der Waals surface area contributed by atoms with Crippen molar-refractivity contribution >= 4 is 11.0 Å². The van der Waals surface area contributed by atoms with E-state index in [-0.39, 0.29) is 11.1 Å². The van der Waals surface area contributed by atoms with Crippen LogP contribution in [0.25, 0.3) is 11.0 Å². The maximum absolute atomic E-state index is 5.03. The second-order valence-electron chi connectivity index (χ2n) is 9.98. The summed E-state index contributed by atoms with van der Waals surface area (Å²) in [5, 5.41) is 3.83. The van der Waals surface area contributed by atoms with Crippen LogP contribution in [0.2, 0.25) is 0 Å². The summed E-state index contributed by atoms with van der Waals surface area (Å²) in [6, 6.07) is 13.2. The summed E-state index contributed by atoms with van der Waals surface area (Å²) in [5.74, 6) is 1.15. The molecule has 1 fully saturated rings. The SMILES string of the molecule is CCn1c(CN(Cc2ccncc2)C2CC(C)(C)NC(C)(C)C2)nc2ccccc21. The summed E-state index contributed by atoms with van der Waals surface area (Å²) in [6.07, 6.45) is 6.03. The molecule has 0 saturated carbocycles. The molecule has 0 atom stereocenters. The third-order valence-corrected chi connectivity index (χ3v) is 6.21. The van der Waals surface area contributed by atoms with Gasteiger partial charge in [-0.2, -0.15) is 0 Å². The first kappa shape index (κ1) is 21.0. The lowest BCUT2D eigenvalue weighted by Crippen LogP contribution is -2.62. The van der Waals surface area contributed by atoms with E-state index in [9.17, 15) is 0 Å². The Morgan fingerprint density at radius 2 is 1.67 bits per heavy atom. The number of imidazole rings is 1. The van der Waals surface area contributed by atoms with Crippen LogP contribution in [0.4, 0.5) is 0 Å². The van der Waals surface area contributed by atoms with Crippen molar-refractivity contribution in [2.24, 2.45) is 0 Å². The Bertz CT molecular complexity index is 973. The van der Waals surface area contributed by atoms with Gasteiger partial charge in [-0.3, -0.25) is 9.88 Å². The van der Waals surface area contributed by atoms with Crippen molar-refractivity contribution in [1.29, 1.82) is 0 Å². The maximum atomic E-state index is 5.03. The summed E-state index contributed by atoms with van der Waals surface area (Å²) >= 11 is 0. The molecule has 5 nitrogen and oxygen atoms in total. The number of pyridine rings is 1. The smallest absolute Gasteiger partial charge is 0.124 e. The Hall–Kier alpha value is -2.24. The number of hydrogen-bond donors (Lipinski definition) is 1. The fourth-order valence-electron chi connectivity index (χ4n) is 5.34. The van der Waals surface area contributed by atoms with Crippen LogP contribution < -0.4 is 5.32 Å². The fraction of sp³-hybridized carbons (Fsp3) is 0.520. The van der Waals surface area contributed by atoms with Gasteiger partial charge >= 0.3 is 0 Å². The maximum Gasteiger partial charge on any atom is 0.124 e. The van der Waals surface area contributed by atoms with E-state index in [1.54, 1.807) is 0 Å². The van der Waals surface area contributed by atoms with Crippen molar-refractivity contribution in [3.8, 4) is 0 Å². The van der Waals surface area contributed by atoms with E-state index in [4.69, 9.17) is 4.98 Å². The molecule has 0 bridgehead atoms. The summed E-state index contributed by atoms with van der Waals surface area (Å²) < 4.78 is 2.37. The molecule has 0 spiro atoms. The summed E-state index contributed by atoms with van der Waals surface area (Å²) in [4.78, 5) is 11.9. The average Bonchev–Trinajstić information content (AvgIpc) is 3.03. The molecule has 5 heteroatoms. The monoisotopic (exact) mass is 405 g/mol. The van der Waals surface area contributed by atoms with Crippen molar-refractivity contribution in [1.82, 2.24) is 24.8 Å². The minimum absolute atomic E-state index is 0.105. The standard InChI is InChI=1S/C25H35N5/c1-6-30-22-10-8-7-9-21(22)27-23(30)18-29(17-19-11-13-26-14-12-19)20-15-24(2,3)28-25(4,5)16-20/h7-14,20,28H,6,15-18H2,1-5H3. The van der Waals surface area contributed by atoms with Crippen molar-refractivity contribution in [2.75, 3.05) is 0 Å². The minimum Gasteiger partial charge on any atom is -0.327 e. The molecule has 0 amide bonds. The number of rotatable bonds is 6. The lowest BCUT2D eigenvalue weighted by molar-refractivity contribution is 0.0542. The molecule has 1 aliphatic heterocycles. The Morgan fingerprint density at radius 1 is 1.00 bits per heavy atom. The van der Waals surface area contributed by atoms with Crippen molar-refractivity contribution in [2.45, 2.75) is 84.2 Å². The first-order valence-corrected chi connectivity index (χ1v) is 11.1. The van der Waals surface area contributed by atoms with E-state index in [0.29, 0.717) is 6.04 Å². The second kappa shape index (κ2) is 8.12. The van der Waals surface area contributed by atoms with Gasteiger partial charge in [-0.15, -0.1) is 0 Å². The van der Waals surface area contributed by atoms with Crippen molar-refractivity contribution in [3.05, 3.63) is 60.2 Å². The Morgan fingerprint density at radius 3 is 2.33 bits per heavy atom. The van der Waals surface area contributed by atoms with Crippen molar-refractivity contribution in [3.63, 3.8) is 0 Å². The Balaban J connectivity index is 1.69. The van der Waals surface area contributed by atoms with Gasteiger partial charge in [-0.05, 0) is 77.3 Å². The van der Waals surface area contributed by atoms with Crippen molar-refractivity contribution < 1.29 is 0 Å². The third kappa shape index (κ3) is 4.57. The molecule has 3 aromatic rings. The third-order valence-electron chi connectivity index (χ3n) is 6.21. The number of nitrogens with one attached hydrogen (secondary N) is 1. The molecule has 1 N–H and O–H groups in total. The van der Waals surface area contributed by atoms with Gasteiger partial charge in [0.1, 0.15) is 5.82 Å². The number of aromatic nitrogens is 3. The van der Waals surface area contributed by atoms with Crippen LogP contribution in [-0.2, 0) is 19.6 Å². The largest absolute Gasteiger partial charge is 0.327 e. The number of para-hydroxylation sites is 2. The van der Waals surface area contributed by atoms with Crippen LogP contribution in [0.15, 0.2) is 48.8 Å². The highest BCUT2D eigenvalue weighted by atomic mass is 15.2. The molecule has 0 unspecified atom stereocenters. The molecule has 3 heterocycles. The number of piperidine rings is 1. The number of hydrogen-bond acceptors (Lipinski definition) is 4. The van der Waals surface area contributed by atoms with Gasteiger partial charge in [-0.25, -0.2) is 4.98 Å². The lowest BCUT2D eigenvalue weighted by atomic mass is 9.79. The van der Waals surface area contributed by atoms with E-state index in [1.807, 2.05) is 12.4 Å². The van der Waals surface area contributed by atoms with Crippen LogP contribution in [0, 0.1) is 0 Å². The molecule has 160 valence electrons. The first-order chi connectivity index (χ1) is 14.3. The number of fused-ring (bicyclic) bond motifs is 1. The van der Waals surface area contributed by atoms with Crippen LogP contribution in [0.1, 0.15) is 58.8 Å². The normalized spacial score (nSPS) is 18.9. The predicted octanol–water partition coefficient (Wildman–Crippen LogP) is 4.76. The van der Waals surface area contributed by atoms with Crippen LogP contribution >= 0.6 is 0 Å². The van der Waals surface area contributed by atoms with Gasteiger partial charge in [0, 0.05) is 42.6 Å². The summed E-state index contributed by atoms with van der Waals surface area (Å²) in [5.41, 5.74) is 3.83. The number of nitrogens with zero attached hydrogens (tertiary/aromatic N) is 4. The fourth-order valence-corrected chi connectivity index (χ4v) is 5.34. The Kier molecular flexibility index (Phi) is 5.69. The zero-order valence-electron chi connectivity index (χ0n) is 19.0. The minimum atomic E-state index is 0.105. The lowest BCUT2D eigenvalue weighted by Gasteiger charge is -2.49. The van der Waals surface area contributed by atoms with Gasteiger partial charge < -0.3 is 9.88 Å². The zero-order valence-corrected chi connectivity index (χ0v) is 19.0. The van der Waals surface area contributed by atoms with Gasteiger partial charge in [0.2, 0.25) is 0 Å². The molecular formula is C25H35N5. The van der Waals surface area contributed by atoms with Crippen LogP contribution in [0.5, 0.6) is 0 Å². The highest BCUT2D eigenvalue weighted by Gasteiger charge is 2.40. The molecule has 0 radical (unpaired) electrons. The second-order valence-corrected chi connectivity index (χ2v) is 9.98. The molecule has 30 heavy (non-hydrogen) atoms. The van der Waals surface area contributed by atoms with E-state index in [1.165, 1.54) is 11.1 Å². The number of benzene rings is 1. The van der Waals surface area contributed by atoms with Crippen LogP contribution in [0.3, 0.4) is 0 Å². The summed E-state index contributed by atoms with van der Waals surface area (Å²) in [6.45, 7) is 14.2.